The molecule has 1 saturated carbocycles. The van der Waals surface area contributed by atoms with Gasteiger partial charge < -0.3 is 9.88 Å². The third-order valence-corrected chi connectivity index (χ3v) is 4.53. The smallest absolute Gasteiger partial charge is 0.0470 e. The molecule has 0 spiro atoms. The molecule has 1 atom stereocenters. The van der Waals surface area contributed by atoms with Crippen molar-refractivity contribution in [3.05, 3.63) is 57.4 Å². The largest absolute Gasteiger partial charge is 0.350 e. The Morgan fingerprint density at radius 1 is 1.26 bits per heavy atom. The van der Waals surface area contributed by atoms with E-state index >= 15 is 0 Å². The van der Waals surface area contributed by atoms with Gasteiger partial charge in [0.05, 0.1) is 0 Å². The summed E-state index contributed by atoms with van der Waals surface area (Å²) in [6.45, 7) is 0.956. The third-order valence-electron chi connectivity index (χ3n) is 3.82. The van der Waals surface area contributed by atoms with Crippen molar-refractivity contribution in [1.82, 2.24) is 9.88 Å². The van der Waals surface area contributed by atoms with Crippen LogP contribution in [0.15, 0.2) is 42.7 Å². The molecule has 0 aliphatic heterocycles. The number of nitrogens with zero attached hydrogens (tertiary/aromatic N) is 1. The van der Waals surface area contributed by atoms with Crippen molar-refractivity contribution in [3.8, 4) is 0 Å². The highest BCUT2D eigenvalue weighted by atomic mass is 127. The van der Waals surface area contributed by atoms with E-state index in [2.05, 4.69) is 82.2 Å². The zero-order valence-electron chi connectivity index (χ0n) is 11.1. The molecule has 1 aromatic carbocycles. The molecule has 0 amide bonds. The van der Waals surface area contributed by atoms with E-state index in [0.717, 1.165) is 12.5 Å². The van der Waals surface area contributed by atoms with Gasteiger partial charge in [0.2, 0.25) is 0 Å². The lowest BCUT2D eigenvalue weighted by Crippen LogP contribution is -2.17. The van der Waals surface area contributed by atoms with Crippen molar-refractivity contribution < 1.29 is 0 Å². The Bertz CT molecular complexity index is 540. The molecule has 19 heavy (non-hydrogen) atoms. The molecule has 2 aromatic rings. The number of hydrogen-bond donors (Lipinski definition) is 1. The standard InChI is InChI=1S/C16H19IN2/c1-18-16(13-4-5-13)14-8-9-19(11-14)10-12-2-6-15(17)7-3-12/h2-3,6-9,11,13,16,18H,4-5,10H2,1H3. The summed E-state index contributed by atoms with van der Waals surface area (Å²) in [4.78, 5) is 0. The van der Waals surface area contributed by atoms with E-state index in [1.165, 1.54) is 27.5 Å². The molecule has 1 aromatic heterocycles. The van der Waals surface area contributed by atoms with Crippen LogP contribution in [0, 0.1) is 9.49 Å². The maximum absolute atomic E-state index is 3.45. The van der Waals surface area contributed by atoms with Gasteiger partial charge >= 0.3 is 0 Å². The van der Waals surface area contributed by atoms with Crippen LogP contribution < -0.4 is 5.32 Å². The molecule has 100 valence electrons. The maximum Gasteiger partial charge on any atom is 0.0470 e. The van der Waals surface area contributed by atoms with Gasteiger partial charge in [0.15, 0.2) is 0 Å². The van der Waals surface area contributed by atoms with Crippen LogP contribution in [0.4, 0.5) is 0 Å². The normalized spacial score (nSPS) is 16.5. The van der Waals surface area contributed by atoms with Gasteiger partial charge in [-0.3, -0.25) is 0 Å². The Morgan fingerprint density at radius 2 is 2.00 bits per heavy atom. The summed E-state index contributed by atoms with van der Waals surface area (Å²) in [5.74, 6) is 0.846. The molecular formula is C16H19IN2. The Hall–Kier alpha value is -0.810. The molecule has 0 bridgehead atoms. The summed E-state index contributed by atoms with van der Waals surface area (Å²) in [7, 11) is 2.07. The van der Waals surface area contributed by atoms with Crippen molar-refractivity contribution >= 4 is 22.6 Å². The molecule has 1 unspecified atom stereocenters. The second kappa shape index (κ2) is 5.67. The van der Waals surface area contributed by atoms with Crippen LogP contribution in [-0.2, 0) is 6.54 Å². The van der Waals surface area contributed by atoms with Crippen molar-refractivity contribution in [2.24, 2.45) is 5.92 Å². The number of hydrogen-bond acceptors (Lipinski definition) is 1. The monoisotopic (exact) mass is 366 g/mol. The number of nitrogens with one attached hydrogen (secondary N) is 1. The first-order chi connectivity index (χ1) is 9.26. The van der Waals surface area contributed by atoms with Gasteiger partial charge in [0.25, 0.3) is 0 Å². The van der Waals surface area contributed by atoms with E-state index in [-0.39, 0.29) is 0 Å². The van der Waals surface area contributed by atoms with E-state index in [1.807, 2.05) is 0 Å². The fraction of sp³-hybridized carbons (Fsp3) is 0.375. The predicted molar refractivity (Wildman–Crippen MR) is 87.2 cm³/mol. The summed E-state index contributed by atoms with van der Waals surface area (Å²) in [5.41, 5.74) is 2.78. The zero-order valence-corrected chi connectivity index (χ0v) is 13.3. The van der Waals surface area contributed by atoms with E-state index in [9.17, 15) is 0 Å². The molecule has 3 rings (SSSR count). The number of rotatable bonds is 5. The lowest BCUT2D eigenvalue weighted by molar-refractivity contribution is 0.528. The van der Waals surface area contributed by atoms with Crippen LogP contribution in [-0.4, -0.2) is 11.6 Å². The molecule has 0 radical (unpaired) electrons. The molecule has 1 heterocycles. The Labute approximate surface area is 128 Å². The predicted octanol–water partition coefficient (Wildman–Crippen LogP) is 3.81. The molecule has 3 heteroatoms. The van der Waals surface area contributed by atoms with E-state index < -0.39 is 0 Å². The van der Waals surface area contributed by atoms with E-state index in [4.69, 9.17) is 0 Å². The van der Waals surface area contributed by atoms with E-state index in [1.54, 1.807) is 0 Å². The van der Waals surface area contributed by atoms with Gasteiger partial charge in [-0.2, -0.15) is 0 Å². The number of aromatic nitrogens is 1. The Kier molecular flexibility index (Phi) is 3.93. The van der Waals surface area contributed by atoms with Gasteiger partial charge in [-0.25, -0.2) is 0 Å². The molecule has 0 saturated heterocycles. The summed E-state index contributed by atoms with van der Waals surface area (Å²) in [5, 5.41) is 3.45. The minimum atomic E-state index is 0.540. The highest BCUT2D eigenvalue weighted by Crippen LogP contribution is 2.40. The second-order valence-electron chi connectivity index (χ2n) is 5.35. The van der Waals surface area contributed by atoms with Crippen molar-refractivity contribution in [1.29, 1.82) is 0 Å². The van der Waals surface area contributed by atoms with Gasteiger partial charge in [0, 0.05) is 28.6 Å². The van der Waals surface area contributed by atoms with Crippen LogP contribution in [0.5, 0.6) is 0 Å². The molecule has 1 aliphatic rings. The minimum absolute atomic E-state index is 0.540. The minimum Gasteiger partial charge on any atom is -0.350 e. The second-order valence-corrected chi connectivity index (χ2v) is 6.59. The van der Waals surface area contributed by atoms with Gasteiger partial charge in [-0.05, 0) is 77.7 Å². The summed E-state index contributed by atoms with van der Waals surface area (Å²) >= 11 is 2.34. The fourth-order valence-electron chi connectivity index (χ4n) is 2.65. The molecular weight excluding hydrogens is 347 g/mol. The Balaban J connectivity index is 1.72. The third kappa shape index (κ3) is 3.20. The first-order valence-electron chi connectivity index (χ1n) is 6.83. The average molecular weight is 366 g/mol. The summed E-state index contributed by atoms with van der Waals surface area (Å²) < 4.78 is 3.57. The lowest BCUT2D eigenvalue weighted by Gasteiger charge is -2.13. The summed E-state index contributed by atoms with van der Waals surface area (Å²) in [6, 6.07) is 11.5. The lowest BCUT2D eigenvalue weighted by atomic mass is 10.1. The fourth-order valence-corrected chi connectivity index (χ4v) is 3.01. The quantitative estimate of drug-likeness (QED) is 0.797. The topological polar surface area (TPSA) is 17.0 Å². The van der Waals surface area contributed by atoms with E-state index in [0.29, 0.717) is 6.04 Å². The molecule has 1 N–H and O–H groups in total. The van der Waals surface area contributed by atoms with Crippen LogP contribution >= 0.6 is 22.6 Å². The van der Waals surface area contributed by atoms with Gasteiger partial charge in [0.1, 0.15) is 0 Å². The van der Waals surface area contributed by atoms with Crippen LogP contribution in [0.3, 0.4) is 0 Å². The van der Waals surface area contributed by atoms with Crippen LogP contribution in [0.25, 0.3) is 0 Å². The first-order valence-corrected chi connectivity index (χ1v) is 7.91. The highest BCUT2D eigenvalue weighted by molar-refractivity contribution is 14.1. The summed E-state index contributed by atoms with van der Waals surface area (Å²) in [6.07, 6.45) is 7.22. The Morgan fingerprint density at radius 3 is 2.63 bits per heavy atom. The zero-order chi connectivity index (χ0) is 13.2. The molecule has 1 fully saturated rings. The maximum atomic E-state index is 3.45. The van der Waals surface area contributed by atoms with Crippen LogP contribution in [0.1, 0.15) is 30.0 Å². The van der Waals surface area contributed by atoms with Gasteiger partial charge in [-0.1, -0.05) is 12.1 Å². The van der Waals surface area contributed by atoms with Crippen molar-refractivity contribution in [3.63, 3.8) is 0 Å². The molecule has 1 aliphatic carbocycles. The first kappa shape index (κ1) is 13.2. The highest BCUT2D eigenvalue weighted by Gasteiger charge is 2.31. The van der Waals surface area contributed by atoms with Crippen LogP contribution in [0.2, 0.25) is 0 Å². The van der Waals surface area contributed by atoms with Crippen molar-refractivity contribution in [2.75, 3.05) is 7.05 Å². The molecule has 2 nitrogen and oxygen atoms in total. The van der Waals surface area contributed by atoms with Gasteiger partial charge in [-0.15, -0.1) is 0 Å². The SMILES string of the molecule is CNC(c1ccn(Cc2ccc(I)cc2)c1)C1CC1. The number of halogens is 1. The average Bonchev–Trinajstić information content (AvgIpc) is 3.14. The number of benzene rings is 1. The van der Waals surface area contributed by atoms with Crippen molar-refractivity contribution in [2.45, 2.75) is 25.4 Å².